The molecule has 0 aromatic rings. The third kappa shape index (κ3) is 1.31. The van der Waals surface area contributed by atoms with Gasteiger partial charge in [0.05, 0.1) is 24.4 Å². The van der Waals surface area contributed by atoms with Crippen LogP contribution in [0.3, 0.4) is 0 Å². The quantitative estimate of drug-likeness (QED) is 0.327. The number of hydrogen-bond donors (Lipinski definition) is 6. The van der Waals surface area contributed by atoms with Crippen LogP contribution >= 0.6 is 0 Å². The Bertz CT molecular complexity index is 691. The number of aliphatic hydroxyl groups excluding tert-OH is 3. The molecule has 0 aromatic heterocycles. The topological polar surface area (TPSA) is 125 Å². The summed E-state index contributed by atoms with van der Waals surface area (Å²) in [7, 11) is 0. The van der Waals surface area contributed by atoms with Gasteiger partial charge < -0.3 is 30.7 Å². The minimum Gasteiger partial charge on any atom is -0.393 e. The first-order valence-electron chi connectivity index (χ1n) is 10.1. The normalized spacial score (nSPS) is 71.2. The molecule has 6 rings (SSSR count). The van der Waals surface area contributed by atoms with Crippen molar-refractivity contribution in [1.82, 2.24) is 5.06 Å². The summed E-state index contributed by atoms with van der Waals surface area (Å²) in [5.74, 6) is -1.21. The Morgan fingerprint density at radius 3 is 2.54 bits per heavy atom. The Labute approximate surface area is 152 Å². The van der Waals surface area contributed by atoms with Gasteiger partial charge in [-0.3, -0.25) is 0 Å². The van der Waals surface area contributed by atoms with Crippen molar-refractivity contribution >= 4 is 0 Å². The fraction of sp³-hybridized carbons (Fsp3) is 1.00. The predicted molar refractivity (Wildman–Crippen MR) is 87.8 cm³/mol. The van der Waals surface area contributed by atoms with Crippen LogP contribution in [0.4, 0.5) is 0 Å². The van der Waals surface area contributed by atoms with Crippen molar-refractivity contribution < 1.29 is 30.7 Å². The maximum atomic E-state index is 11.9. The Hall–Kier alpha value is -0.280. The molecule has 1 heterocycles. The molecule has 7 heteroatoms. The van der Waals surface area contributed by atoms with Gasteiger partial charge in [0.25, 0.3) is 0 Å². The lowest BCUT2D eigenvalue weighted by Crippen LogP contribution is -2.79. The molecule has 26 heavy (non-hydrogen) atoms. The molecule has 7 nitrogen and oxygen atoms in total. The summed E-state index contributed by atoms with van der Waals surface area (Å²) in [5.41, 5.74) is -4.63. The SMILES string of the molecule is C[C@@]12CCC[C@@]34[C@@H]5C[C@@H]6C(O)C[C@@](O)([C@H]5C6O)[C@@](O)(C(O)[C@H]13)[C@@H]4N(O)C2. The number of aliphatic hydroxyl groups is 5. The van der Waals surface area contributed by atoms with Crippen molar-refractivity contribution in [2.45, 2.75) is 74.6 Å². The largest absolute Gasteiger partial charge is 0.393 e. The molecule has 5 saturated carbocycles. The highest BCUT2D eigenvalue weighted by Gasteiger charge is 2.89. The summed E-state index contributed by atoms with van der Waals surface area (Å²) in [6.45, 7) is 2.44. The summed E-state index contributed by atoms with van der Waals surface area (Å²) in [5, 5.41) is 68.7. The molecule has 6 fully saturated rings. The van der Waals surface area contributed by atoms with Crippen LogP contribution in [-0.4, -0.2) is 77.9 Å². The van der Waals surface area contributed by atoms with Crippen LogP contribution < -0.4 is 0 Å². The van der Waals surface area contributed by atoms with Gasteiger partial charge in [0.2, 0.25) is 0 Å². The van der Waals surface area contributed by atoms with E-state index in [9.17, 15) is 30.7 Å². The van der Waals surface area contributed by atoms with Crippen LogP contribution in [0.1, 0.15) is 39.0 Å². The lowest BCUT2D eigenvalue weighted by Gasteiger charge is -2.67. The van der Waals surface area contributed by atoms with Crippen LogP contribution in [0, 0.1) is 34.5 Å². The standard InChI is InChI=1S/C19H29NO6/c1-16-3-2-4-17-9-5-8-10(21)6-18(24,11(9)12(8)22)19(25,14(23)13(16)17)15(17)20(26)7-16/h8-15,21-26H,2-7H2,1H3/t8-,9-,10?,11-,12?,13-,14?,15-,16+,17-,18-,19-/m1/s1. The van der Waals surface area contributed by atoms with Crippen LogP contribution in [0.25, 0.3) is 0 Å². The smallest absolute Gasteiger partial charge is 0.138 e. The molecule has 12 atom stereocenters. The van der Waals surface area contributed by atoms with Gasteiger partial charge in [0, 0.05) is 36.1 Å². The average molecular weight is 367 g/mol. The van der Waals surface area contributed by atoms with Crippen molar-refractivity contribution in [3.05, 3.63) is 0 Å². The monoisotopic (exact) mass is 367 g/mol. The van der Waals surface area contributed by atoms with Crippen molar-refractivity contribution in [2.75, 3.05) is 6.54 Å². The van der Waals surface area contributed by atoms with Crippen molar-refractivity contribution in [3.63, 3.8) is 0 Å². The van der Waals surface area contributed by atoms with E-state index in [-0.39, 0.29) is 29.6 Å². The zero-order valence-corrected chi connectivity index (χ0v) is 15.0. The van der Waals surface area contributed by atoms with Crippen LogP contribution in [-0.2, 0) is 0 Å². The van der Waals surface area contributed by atoms with Crippen LogP contribution in [0.5, 0.6) is 0 Å². The van der Waals surface area contributed by atoms with Crippen molar-refractivity contribution in [1.29, 1.82) is 0 Å². The number of hydrogen-bond acceptors (Lipinski definition) is 7. The number of piperidine rings is 1. The minimum absolute atomic E-state index is 0.0622. The molecule has 6 N–H and O–H groups in total. The third-order valence-corrected chi connectivity index (χ3v) is 9.92. The van der Waals surface area contributed by atoms with E-state index in [1.54, 1.807) is 0 Å². The lowest BCUT2D eigenvalue weighted by atomic mass is 9.44. The summed E-state index contributed by atoms with van der Waals surface area (Å²) in [6.07, 6.45) is 0.116. The molecule has 7 bridgehead atoms. The Morgan fingerprint density at radius 2 is 1.81 bits per heavy atom. The molecule has 6 aliphatic rings. The third-order valence-electron chi connectivity index (χ3n) is 9.92. The predicted octanol–water partition coefficient (Wildman–Crippen LogP) is -0.919. The highest BCUT2D eigenvalue weighted by molar-refractivity contribution is 5.38. The second-order valence-corrected chi connectivity index (χ2v) is 10.6. The van der Waals surface area contributed by atoms with E-state index in [2.05, 4.69) is 6.92 Å². The molecular formula is C19H29NO6. The van der Waals surface area contributed by atoms with Gasteiger partial charge in [-0.05, 0) is 30.6 Å². The molecule has 146 valence electrons. The number of rotatable bonds is 0. The second kappa shape index (κ2) is 4.32. The lowest BCUT2D eigenvalue weighted by molar-refractivity contribution is -0.340. The first kappa shape index (κ1) is 16.7. The first-order valence-corrected chi connectivity index (χ1v) is 10.1. The van der Waals surface area contributed by atoms with E-state index in [4.69, 9.17) is 0 Å². The number of fused-ring (bicyclic) bond motifs is 2. The van der Waals surface area contributed by atoms with Gasteiger partial charge in [-0.2, -0.15) is 5.06 Å². The van der Waals surface area contributed by atoms with Gasteiger partial charge >= 0.3 is 0 Å². The fourth-order valence-corrected chi connectivity index (χ4v) is 9.49. The maximum absolute atomic E-state index is 11.9. The molecule has 0 radical (unpaired) electrons. The molecule has 1 spiro atoms. The van der Waals surface area contributed by atoms with E-state index < -0.39 is 46.9 Å². The summed E-state index contributed by atoms with van der Waals surface area (Å²) in [6, 6.07) is -0.758. The van der Waals surface area contributed by atoms with E-state index >= 15 is 0 Å². The van der Waals surface area contributed by atoms with Crippen LogP contribution in [0.2, 0.25) is 0 Å². The van der Waals surface area contributed by atoms with Crippen molar-refractivity contribution in [2.24, 2.45) is 34.5 Å². The highest BCUT2D eigenvalue weighted by Crippen LogP contribution is 2.79. The van der Waals surface area contributed by atoms with E-state index in [0.717, 1.165) is 19.3 Å². The molecule has 3 unspecified atom stereocenters. The van der Waals surface area contributed by atoms with E-state index in [0.29, 0.717) is 13.0 Å². The van der Waals surface area contributed by atoms with Gasteiger partial charge in [-0.1, -0.05) is 13.3 Å². The van der Waals surface area contributed by atoms with Crippen LogP contribution in [0.15, 0.2) is 0 Å². The Kier molecular flexibility index (Phi) is 2.77. The highest BCUT2D eigenvalue weighted by atomic mass is 16.5. The van der Waals surface area contributed by atoms with Gasteiger partial charge in [-0.25, -0.2) is 0 Å². The minimum atomic E-state index is -1.95. The Morgan fingerprint density at radius 1 is 1.08 bits per heavy atom. The van der Waals surface area contributed by atoms with E-state index in [1.807, 2.05) is 0 Å². The first-order chi connectivity index (χ1) is 12.1. The average Bonchev–Trinajstić information content (AvgIpc) is 2.91. The molecule has 5 aliphatic carbocycles. The number of hydroxylamine groups is 2. The maximum Gasteiger partial charge on any atom is 0.138 e. The summed E-state index contributed by atoms with van der Waals surface area (Å²) in [4.78, 5) is 0. The molecule has 1 saturated heterocycles. The van der Waals surface area contributed by atoms with Gasteiger partial charge in [0.1, 0.15) is 11.2 Å². The summed E-state index contributed by atoms with van der Waals surface area (Å²) < 4.78 is 0. The zero-order chi connectivity index (χ0) is 18.4. The van der Waals surface area contributed by atoms with Gasteiger partial charge in [-0.15, -0.1) is 0 Å². The molecule has 1 aliphatic heterocycles. The Balaban J connectivity index is 1.67. The molecule has 0 aromatic carbocycles. The molecule has 0 amide bonds. The second-order valence-electron chi connectivity index (χ2n) is 10.6. The van der Waals surface area contributed by atoms with Gasteiger partial charge in [0.15, 0.2) is 0 Å². The van der Waals surface area contributed by atoms with E-state index in [1.165, 1.54) is 5.06 Å². The summed E-state index contributed by atoms with van der Waals surface area (Å²) >= 11 is 0. The molecular weight excluding hydrogens is 338 g/mol. The zero-order valence-electron chi connectivity index (χ0n) is 15.0. The fourth-order valence-electron chi connectivity index (χ4n) is 9.49. The van der Waals surface area contributed by atoms with Crippen molar-refractivity contribution in [3.8, 4) is 0 Å². The number of nitrogens with zero attached hydrogens (tertiary/aromatic N) is 1.